The summed E-state index contributed by atoms with van der Waals surface area (Å²) in [5.41, 5.74) is 7.52. The molecule has 0 aliphatic heterocycles. The number of carbonyl (C=O) groups is 1. The van der Waals surface area contributed by atoms with Crippen molar-refractivity contribution in [2.24, 2.45) is 0 Å². The lowest BCUT2D eigenvalue weighted by molar-refractivity contribution is -0.114. The molecule has 1 aromatic heterocycles. The Morgan fingerprint density at radius 1 is 1.30 bits per heavy atom. The van der Waals surface area contributed by atoms with Crippen LogP contribution in [0.15, 0.2) is 36.7 Å². The second kappa shape index (κ2) is 6.01. The monoisotopic (exact) mass is 271 g/mol. The van der Waals surface area contributed by atoms with Crippen LogP contribution < -0.4 is 16.4 Å². The Balaban J connectivity index is 2.15. The molecular weight excluding hydrogens is 254 g/mol. The minimum atomic E-state index is -0.0964. The first-order chi connectivity index (χ1) is 9.56. The van der Waals surface area contributed by atoms with Crippen LogP contribution in [0.3, 0.4) is 0 Å². The molecule has 1 atom stereocenters. The second-order valence-electron chi connectivity index (χ2n) is 4.46. The van der Waals surface area contributed by atoms with Crippen molar-refractivity contribution in [3.05, 3.63) is 42.2 Å². The fourth-order valence-corrected chi connectivity index (χ4v) is 1.84. The topological polar surface area (TPSA) is 92.9 Å². The van der Waals surface area contributed by atoms with Crippen LogP contribution in [0.5, 0.6) is 0 Å². The Labute approximate surface area is 117 Å². The first kappa shape index (κ1) is 13.8. The quantitative estimate of drug-likeness (QED) is 0.792. The fourth-order valence-electron chi connectivity index (χ4n) is 1.84. The van der Waals surface area contributed by atoms with E-state index in [0.29, 0.717) is 11.6 Å². The van der Waals surface area contributed by atoms with Crippen LogP contribution in [-0.4, -0.2) is 15.9 Å². The highest BCUT2D eigenvalue weighted by atomic mass is 16.1. The molecule has 1 aromatic carbocycles. The van der Waals surface area contributed by atoms with Gasteiger partial charge in [-0.25, -0.2) is 9.97 Å². The largest absolute Gasteiger partial charge is 0.381 e. The standard InChI is InChI=1S/C14H17N5O/c1-9(18-14-13(15)16-6-7-17-14)11-4-3-5-12(8-11)19-10(2)20/h3-9H,1-2H3,(H2,15,16)(H,17,18)(H,19,20). The molecule has 0 fully saturated rings. The van der Waals surface area contributed by atoms with Crippen molar-refractivity contribution in [1.29, 1.82) is 0 Å². The zero-order valence-corrected chi connectivity index (χ0v) is 11.4. The van der Waals surface area contributed by atoms with Crippen molar-refractivity contribution >= 4 is 23.2 Å². The van der Waals surface area contributed by atoms with E-state index in [0.717, 1.165) is 11.3 Å². The third-order valence-corrected chi connectivity index (χ3v) is 2.79. The van der Waals surface area contributed by atoms with E-state index >= 15 is 0 Å². The van der Waals surface area contributed by atoms with Crippen molar-refractivity contribution < 1.29 is 4.79 Å². The summed E-state index contributed by atoms with van der Waals surface area (Å²) in [5, 5.41) is 5.95. The van der Waals surface area contributed by atoms with Gasteiger partial charge in [0.1, 0.15) is 0 Å². The van der Waals surface area contributed by atoms with E-state index in [1.807, 2.05) is 31.2 Å². The number of aromatic nitrogens is 2. The number of benzene rings is 1. The maximum Gasteiger partial charge on any atom is 0.221 e. The molecule has 1 heterocycles. The molecule has 1 unspecified atom stereocenters. The van der Waals surface area contributed by atoms with Crippen LogP contribution in [0.1, 0.15) is 25.5 Å². The van der Waals surface area contributed by atoms with Crippen LogP contribution in [0.25, 0.3) is 0 Å². The van der Waals surface area contributed by atoms with E-state index in [-0.39, 0.29) is 11.9 Å². The number of rotatable bonds is 4. The minimum Gasteiger partial charge on any atom is -0.381 e. The van der Waals surface area contributed by atoms with Crippen LogP contribution in [0, 0.1) is 0 Å². The van der Waals surface area contributed by atoms with Gasteiger partial charge >= 0.3 is 0 Å². The highest BCUT2D eigenvalue weighted by Crippen LogP contribution is 2.22. The first-order valence-corrected chi connectivity index (χ1v) is 6.27. The smallest absolute Gasteiger partial charge is 0.221 e. The van der Waals surface area contributed by atoms with Crippen LogP contribution in [0.4, 0.5) is 17.3 Å². The number of amides is 1. The average molecular weight is 271 g/mol. The Hall–Kier alpha value is -2.63. The molecule has 104 valence electrons. The number of hydrogen-bond acceptors (Lipinski definition) is 5. The SMILES string of the molecule is CC(=O)Nc1cccc(C(C)Nc2nccnc2N)c1. The summed E-state index contributed by atoms with van der Waals surface area (Å²) in [7, 11) is 0. The summed E-state index contributed by atoms with van der Waals surface area (Å²) in [6, 6.07) is 7.59. The Morgan fingerprint density at radius 2 is 2.05 bits per heavy atom. The zero-order valence-electron chi connectivity index (χ0n) is 11.4. The lowest BCUT2D eigenvalue weighted by atomic mass is 10.1. The second-order valence-corrected chi connectivity index (χ2v) is 4.46. The van der Waals surface area contributed by atoms with Gasteiger partial charge in [0, 0.05) is 25.0 Å². The van der Waals surface area contributed by atoms with Crippen LogP contribution in [-0.2, 0) is 4.79 Å². The number of nitrogens with zero attached hydrogens (tertiary/aromatic N) is 2. The van der Waals surface area contributed by atoms with Gasteiger partial charge in [0.2, 0.25) is 5.91 Å². The number of nitrogens with two attached hydrogens (primary N) is 1. The summed E-state index contributed by atoms with van der Waals surface area (Å²) in [5.74, 6) is 0.809. The molecule has 0 aliphatic carbocycles. The predicted octanol–water partition coefficient (Wildman–Crippen LogP) is 2.19. The fraction of sp³-hybridized carbons (Fsp3) is 0.214. The van der Waals surface area contributed by atoms with Gasteiger partial charge in [-0.1, -0.05) is 12.1 Å². The number of hydrogen-bond donors (Lipinski definition) is 3. The van der Waals surface area contributed by atoms with Gasteiger partial charge in [-0.2, -0.15) is 0 Å². The van der Waals surface area contributed by atoms with Crippen molar-refractivity contribution in [3.8, 4) is 0 Å². The van der Waals surface area contributed by atoms with Gasteiger partial charge in [0.15, 0.2) is 11.6 Å². The summed E-state index contributed by atoms with van der Waals surface area (Å²) in [4.78, 5) is 19.2. The molecule has 2 aromatic rings. The van der Waals surface area contributed by atoms with Crippen molar-refractivity contribution in [1.82, 2.24) is 9.97 Å². The maximum absolute atomic E-state index is 11.1. The number of nitrogens with one attached hydrogen (secondary N) is 2. The van der Waals surface area contributed by atoms with Gasteiger partial charge in [-0.05, 0) is 24.6 Å². The lowest BCUT2D eigenvalue weighted by Gasteiger charge is -2.16. The van der Waals surface area contributed by atoms with E-state index in [4.69, 9.17) is 5.73 Å². The summed E-state index contributed by atoms with van der Waals surface area (Å²) in [6.07, 6.45) is 3.13. The minimum absolute atomic E-state index is 0.0114. The molecule has 0 spiro atoms. The number of nitrogen functional groups attached to an aromatic ring is 1. The highest BCUT2D eigenvalue weighted by molar-refractivity contribution is 5.88. The maximum atomic E-state index is 11.1. The van der Waals surface area contributed by atoms with Crippen molar-refractivity contribution in [2.75, 3.05) is 16.4 Å². The van der Waals surface area contributed by atoms with E-state index in [2.05, 4.69) is 20.6 Å². The molecule has 4 N–H and O–H groups in total. The molecule has 2 rings (SSSR count). The molecular formula is C14H17N5O. The van der Waals surface area contributed by atoms with Gasteiger partial charge in [-0.15, -0.1) is 0 Å². The van der Waals surface area contributed by atoms with E-state index < -0.39 is 0 Å². The predicted molar refractivity (Wildman–Crippen MR) is 79.2 cm³/mol. The highest BCUT2D eigenvalue weighted by Gasteiger charge is 2.09. The van der Waals surface area contributed by atoms with Gasteiger partial charge < -0.3 is 16.4 Å². The summed E-state index contributed by atoms with van der Waals surface area (Å²) >= 11 is 0. The average Bonchev–Trinajstić information content (AvgIpc) is 2.41. The van der Waals surface area contributed by atoms with E-state index in [9.17, 15) is 4.79 Å². The molecule has 6 heteroatoms. The van der Waals surface area contributed by atoms with Crippen LogP contribution in [0.2, 0.25) is 0 Å². The molecule has 0 saturated carbocycles. The molecule has 0 bridgehead atoms. The van der Waals surface area contributed by atoms with E-state index in [1.54, 1.807) is 12.4 Å². The van der Waals surface area contributed by atoms with Crippen molar-refractivity contribution in [3.63, 3.8) is 0 Å². The summed E-state index contributed by atoms with van der Waals surface area (Å²) < 4.78 is 0. The van der Waals surface area contributed by atoms with Gasteiger partial charge in [0.25, 0.3) is 0 Å². The van der Waals surface area contributed by atoms with E-state index in [1.165, 1.54) is 6.92 Å². The lowest BCUT2D eigenvalue weighted by Crippen LogP contribution is -2.11. The number of carbonyl (C=O) groups excluding carboxylic acids is 1. The Kier molecular flexibility index (Phi) is 4.14. The third-order valence-electron chi connectivity index (χ3n) is 2.79. The molecule has 6 nitrogen and oxygen atoms in total. The molecule has 0 aliphatic rings. The number of anilines is 3. The Morgan fingerprint density at radius 3 is 2.75 bits per heavy atom. The summed E-state index contributed by atoms with van der Waals surface area (Å²) in [6.45, 7) is 3.47. The van der Waals surface area contributed by atoms with Gasteiger partial charge in [0.05, 0.1) is 6.04 Å². The third kappa shape index (κ3) is 3.44. The van der Waals surface area contributed by atoms with Gasteiger partial charge in [-0.3, -0.25) is 4.79 Å². The normalized spacial score (nSPS) is 11.7. The molecule has 20 heavy (non-hydrogen) atoms. The molecule has 1 amide bonds. The van der Waals surface area contributed by atoms with Crippen molar-refractivity contribution in [2.45, 2.75) is 19.9 Å². The zero-order chi connectivity index (χ0) is 14.5. The molecule has 0 radical (unpaired) electrons. The first-order valence-electron chi connectivity index (χ1n) is 6.27. The molecule has 0 saturated heterocycles. The Bertz CT molecular complexity index is 614. The van der Waals surface area contributed by atoms with Crippen LogP contribution >= 0.6 is 0 Å².